The van der Waals surface area contributed by atoms with Crippen molar-refractivity contribution >= 4 is 15.9 Å². The summed E-state index contributed by atoms with van der Waals surface area (Å²) >= 11 is 3.51. The Kier molecular flexibility index (Phi) is 4.53. The summed E-state index contributed by atoms with van der Waals surface area (Å²) in [4.78, 5) is 0.165. The molecule has 18 heavy (non-hydrogen) atoms. The zero-order valence-electron chi connectivity index (χ0n) is 10.7. The molecule has 0 N–H and O–H groups in total. The summed E-state index contributed by atoms with van der Waals surface area (Å²) in [7, 11) is 0. The van der Waals surface area contributed by atoms with E-state index < -0.39 is 0 Å². The molecular weight excluding hydrogens is 292 g/mol. The Morgan fingerprint density at radius 2 is 2.11 bits per heavy atom. The molecule has 0 saturated heterocycles. The minimum atomic E-state index is 0.165. The number of benzene rings is 1. The van der Waals surface area contributed by atoms with Crippen LogP contribution in [0.5, 0.6) is 0 Å². The number of hydrogen-bond acceptors (Lipinski definition) is 3. The van der Waals surface area contributed by atoms with Crippen molar-refractivity contribution in [3.63, 3.8) is 0 Å². The van der Waals surface area contributed by atoms with E-state index in [4.69, 9.17) is 4.42 Å². The van der Waals surface area contributed by atoms with E-state index in [0.717, 1.165) is 19.3 Å². The SMILES string of the molecule is CCC(Br)c1nnc(CCc2cccc(C)c2)o1. The first kappa shape index (κ1) is 13.3. The van der Waals surface area contributed by atoms with Gasteiger partial charge >= 0.3 is 0 Å². The minimum absolute atomic E-state index is 0.165. The van der Waals surface area contributed by atoms with E-state index in [1.54, 1.807) is 0 Å². The molecule has 0 radical (unpaired) electrons. The molecule has 4 heteroatoms. The van der Waals surface area contributed by atoms with E-state index in [1.165, 1.54) is 11.1 Å². The molecule has 1 atom stereocenters. The minimum Gasteiger partial charge on any atom is -0.424 e. The molecule has 0 aliphatic heterocycles. The molecule has 0 aliphatic rings. The molecule has 2 rings (SSSR count). The highest BCUT2D eigenvalue weighted by molar-refractivity contribution is 9.09. The van der Waals surface area contributed by atoms with Crippen LogP contribution < -0.4 is 0 Å². The lowest BCUT2D eigenvalue weighted by Gasteiger charge is -2.00. The molecule has 2 aromatic rings. The van der Waals surface area contributed by atoms with Crippen LogP contribution in [0, 0.1) is 6.92 Å². The second-order valence-electron chi connectivity index (χ2n) is 4.40. The second-order valence-corrected chi connectivity index (χ2v) is 5.50. The zero-order chi connectivity index (χ0) is 13.0. The summed E-state index contributed by atoms with van der Waals surface area (Å²) in [6, 6.07) is 8.50. The van der Waals surface area contributed by atoms with Crippen molar-refractivity contribution in [2.24, 2.45) is 0 Å². The van der Waals surface area contributed by atoms with Gasteiger partial charge in [-0.2, -0.15) is 0 Å². The molecule has 3 nitrogen and oxygen atoms in total. The Hall–Kier alpha value is -1.16. The summed E-state index contributed by atoms with van der Waals surface area (Å²) in [5.41, 5.74) is 2.59. The predicted octanol–water partition coefficient (Wildman–Crippen LogP) is 4.01. The molecule has 0 spiro atoms. The Labute approximate surface area is 116 Å². The maximum atomic E-state index is 5.62. The number of hydrogen-bond donors (Lipinski definition) is 0. The van der Waals surface area contributed by atoms with Crippen molar-refractivity contribution < 1.29 is 4.42 Å². The van der Waals surface area contributed by atoms with E-state index in [-0.39, 0.29) is 4.83 Å². The van der Waals surface area contributed by atoms with Crippen molar-refractivity contribution in [3.05, 3.63) is 47.2 Å². The second kappa shape index (κ2) is 6.14. The van der Waals surface area contributed by atoms with Gasteiger partial charge in [-0.3, -0.25) is 0 Å². The molecule has 1 heterocycles. The molecule has 1 unspecified atom stereocenters. The summed E-state index contributed by atoms with van der Waals surface area (Å²) < 4.78 is 5.62. The number of nitrogens with zero attached hydrogens (tertiary/aromatic N) is 2. The first-order valence-electron chi connectivity index (χ1n) is 6.21. The largest absolute Gasteiger partial charge is 0.424 e. The fourth-order valence-corrected chi connectivity index (χ4v) is 1.97. The number of rotatable bonds is 5. The summed E-state index contributed by atoms with van der Waals surface area (Å²) in [5, 5.41) is 8.13. The number of alkyl halides is 1. The summed E-state index contributed by atoms with van der Waals surface area (Å²) in [6.45, 7) is 4.18. The molecule has 0 saturated carbocycles. The average molecular weight is 309 g/mol. The highest BCUT2D eigenvalue weighted by Crippen LogP contribution is 2.24. The van der Waals surface area contributed by atoms with Gasteiger partial charge in [0.1, 0.15) is 0 Å². The number of aromatic nitrogens is 2. The predicted molar refractivity (Wildman–Crippen MR) is 74.8 cm³/mol. The van der Waals surface area contributed by atoms with Gasteiger partial charge in [-0.1, -0.05) is 52.7 Å². The first-order valence-corrected chi connectivity index (χ1v) is 7.12. The molecule has 96 valence electrons. The molecule has 0 bridgehead atoms. The van der Waals surface area contributed by atoms with Crippen molar-refractivity contribution in [2.45, 2.75) is 37.9 Å². The van der Waals surface area contributed by atoms with E-state index in [1.807, 2.05) is 0 Å². The Balaban J connectivity index is 1.96. The lowest BCUT2D eigenvalue weighted by molar-refractivity contribution is 0.445. The first-order chi connectivity index (χ1) is 8.69. The molecule has 1 aromatic heterocycles. The third kappa shape index (κ3) is 3.42. The third-order valence-corrected chi connectivity index (χ3v) is 3.86. The summed E-state index contributed by atoms with van der Waals surface area (Å²) in [5.74, 6) is 1.39. The van der Waals surface area contributed by atoms with Gasteiger partial charge in [0.15, 0.2) is 0 Å². The smallest absolute Gasteiger partial charge is 0.230 e. The van der Waals surface area contributed by atoms with Gasteiger partial charge in [-0.05, 0) is 25.3 Å². The number of halogens is 1. The lowest BCUT2D eigenvalue weighted by Crippen LogP contribution is -1.92. The molecule has 0 fully saturated rings. The third-order valence-electron chi connectivity index (χ3n) is 2.82. The topological polar surface area (TPSA) is 38.9 Å². The maximum absolute atomic E-state index is 5.62. The van der Waals surface area contributed by atoms with Gasteiger partial charge in [0, 0.05) is 6.42 Å². The quantitative estimate of drug-likeness (QED) is 0.783. The normalized spacial score (nSPS) is 12.6. The summed E-state index contributed by atoms with van der Waals surface area (Å²) in [6.07, 6.45) is 2.67. The fourth-order valence-electron chi connectivity index (χ4n) is 1.79. The van der Waals surface area contributed by atoms with Gasteiger partial charge < -0.3 is 4.42 Å². The molecule has 1 aromatic carbocycles. The van der Waals surface area contributed by atoms with Gasteiger partial charge in [0.2, 0.25) is 11.8 Å². The van der Waals surface area contributed by atoms with Crippen LogP contribution in [0.25, 0.3) is 0 Å². The zero-order valence-corrected chi connectivity index (χ0v) is 12.3. The van der Waals surface area contributed by atoms with Crippen LogP contribution in [0.3, 0.4) is 0 Å². The average Bonchev–Trinajstić information content (AvgIpc) is 2.84. The van der Waals surface area contributed by atoms with Crippen molar-refractivity contribution in [1.82, 2.24) is 10.2 Å². The van der Waals surface area contributed by atoms with Crippen LogP contribution in [-0.4, -0.2) is 10.2 Å². The number of aryl methyl sites for hydroxylation is 3. The lowest BCUT2D eigenvalue weighted by atomic mass is 10.1. The fraction of sp³-hybridized carbons (Fsp3) is 0.429. The maximum Gasteiger partial charge on any atom is 0.230 e. The molecule has 0 amide bonds. The van der Waals surface area contributed by atoms with E-state index in [9.17, 15) is 0 Å². The van der Waals surface area contributed by atoms with Crippen LogP contribution in [-0.2, 0) is 12.8 Å². The molecule has 0 aliphatic carbocycles. The monoisotopic (exact) mass is 308 g/mol. The Morgan fingerprint density at radius 1 is 1.28 bits per heavy atom. The van der Waals surface area contributed by atoms with Crippen LogP contribution in [0.15, 0.2) is 28.7 Å². The van der Waals surface area contributed by atoms with E-state index in [2.05, 4.69) is 64.2 Å². The van der Waals surface area contributed by atoms with E-state index in [0.29, 0.717) is 11.8 Å². The molecular formula is C14H17BrN2O. The highest BCUT2D eigenvalue weighted by atomic mass is 79.9. The van der Waals surface area contributed by atoms with Gasteiger partial charge in [0.25, 0.3) is 0 Å². The highest BCUT2D eigenvalue weighted by Gasteiger charge is 2.13. The van der Waals surface area contributed by atoms with Crippen molar-refractivity contribution in [2.75, 3.05) is 0 Å². The Morgan fingerprint density at radius 3 is 2.83 bits per heavy atom. The van der Waals surface area contributed by atoms with Gasteiger partial charge in [-0.25, -0.2) is 0 Å². The van der Waals surface area contributed by atoms with Crippen LogP contribution >= 0.6 is 15.9 Å². The van der Waals surface area contributed by atoms with Crippen LogP contribution in [0.1, 0.15) is 41.1 Å². The van der Waals surface area contributed by atoms with Crippen molar-refractivity contribution in [3.8, 4) is 0 Å². The van der Waals surface area contributed by atoms with Crippen LogP contribution in [0.4, 0.5) is 0 Å². The van der Waals surface area contributed by atoms with E-state index >= 15 is 0 Å². The Bertz CT molecular complexity index is 510. The van der Waals surface area contributed by atoms with Crippen LogP contribution in [0.2, 0.25) is 0 Å². The van der Waals surface area contributed by atoms with Gasteiger partial charge in [-0.15, -0.1) is 10.2 Å². The van der Waals surface area contributed by atoms with Gasteiger partial charge in [0.05, 0.1) is 4.83 Å². The van der Waals surface area contributed by atoms with Crippen molar-refractivity contribution in [1.29, 1.82) is 0 Å². The standard InChI is InChI=1S/C14H17BrN2O/c1-3-12(15)14-17-16-13(18-14)8-7-11-6-4-5-10(2)9-11/h4-6,9,12H,3,7-8H2,1-2H3.